The molecule has 1 rings (SSSR count). The third kappa shape index (κ3) is 1.84. The van der Waals surface area contributed by atoms with E-state index in [1.807, 2.05) is 0 Å². The van der Waals surface area contributed by atoms with E-state index in [1.54, 1.807) is 6.20 Å². The summed E-state index contributed by atoms with van der Waals surface area (Å²) in [6.45, 7) is 2.18. The largest absolute Gasteiger partial charge is 0.281 e. The minimum atomic E-state index is 1.09. The zero-order chi connectivity index (χ0) is 7.40. The van der Waals surface area contributed by atoms with E-state index in [0.29, 0.717) is 0 Å². The van der Waals surface area contributed by atoms with E-state index >= 15 is 0 Å². The highest BCUT2D eigenvalue weighted by atomic mass is 79.9. The normalized spacial score (nSPS) is 10.2. The van der Waals surface area contributed by atoms with Crippen molar-refractivity contribution in [1.29, 1.82) is 0 Å². The third-order valence-corrected chi connectivity index (χ3v) is 2.13. The highest BCUT2D eigenvalue weighted by Crippen LogP contribution is 2.14. The number of rotatable bonds is 3. The summed E-state index contributed by atoms with van der Waals surface area (Å²) in [6.07, 6.45) is 5.34. The molecule has 0 spiro atoms. The van der Waals surface area contributed by atoms with E-state index in [4.69, 9.17) is 0 Å². The summed E-state index contributed by atoms with van der Waals surface area (Å²) in [5.74, 6) is 0. The average Bonchev–Trinajstić information content (AvgIpc) is 2.31. The maximum absolute atomic E-state index is 3.90. The molecule has 0 fully saturated rings. The minimum absolute atomic E-state index is 1.09. The molecule has 0 aliphatic rings. The zero-order valence-electron chi connectivity index (χ0n) is 6.02. The van der Waals surface area contributed by atoms with Crippen LogP contribution in [0.4, 0.5) is 0 Å². The first-order valence-electron chi connectivity index (χ1n) is 3.52. The van der Waals surface area contributed by atoms with E-state index < -0.39 is 0 Å². The van der Waals surface area contributed by atoms with Crippen LogP contribution in [0.5, 0.6) is 0 Å². The van der Waals surface area contributed by atoms with Gasteiger partial charge in [0.05, 0.1) is 10.7 Å². The number of hydrogen-bond donors (Lipinski definition) is 1. The van der Waals surface area contributed by atoms with Gasteiger partial charge in [-0.25, -0.2) is 0 Å². The molecule has 0 aliphatic carbocycles. The van der Waals surface area contributed by atoms with Crippen LogP contribution in [0, 0.1) is 0 Å². The maximum atomic E-state index is 3.90. The Balaban J connectivity index is 2.49. The Hall–Kier alpha value is -0.310. The Kier molecular flexibility index (Phi) is 2.93. The first kappa shape index (κ1) is 7.79. The third-order valence-electron chi connectivity index (χ3n) is 1.45. The van der Waals surface area contributed by atoms with Crippen LogP contribution < -0.4 is 0 Å². The van der Waals surface area contributed by atoms with Gasteiger partial charge < -0.3 is 0 Å². The van der Waals surface area contributed by atoms with Crippen LogP contribution in [0.25, 0.3) is 0 Å². The van der Waals surface area contributed by atoms with Crippen molar-refractivity contribution in [3.8, 4) is 0 Å². The van der Waals surface area contributed by atoms with Gasteiger partial charge in [0.15, 0.2) is 0 Å². The number of aryl methyl sites for hydroxylation is 1. The summed E-state index contributed by atoms with van der Waals surface area (Å²) in [5, 5.41) is 6.85. The van der Waals surface area contributed by atoms with Crippen molar-refractivity contribution in [1.82, 2.24) is 10.2 Å². The van der Waals surface area contributed by atoms with Crippen molar-refractivity contribution in [2.45, 2.75) is 26.2 Å². The van der Waals surface area contributed by atoms with Crippen LogP contribution in [0.1, 0.15) is 25.5 Å². The number of hydrogen-bond acceptors (Lipinski definition) is 1. The number of aromatic amines is 1. The second kappa shape index (κ2) is 3.76. The Bertz CT molecular complexity index is 195. The quantitative estimate of drug-likeness (QED) is 0.803. The van der Waals surface area contributed by atoms with Crippen LogP contribution in [0.15, 0.2) is 10.7 Å². The Morgan fingerprint density at radius 2 is 2.50 bits per heavy atom. The lowest BCUT2D eigenvalue weighted by Gasteiger charge is -1.93. The summed E-state index contributed by atoms with van der Waals surface area (Å²) in [5.41, 5.74) is 1.21. The number of H-pyrrole nitrogens is 1. The molecule has 10 heavy (non-hydrogen) atoms. The van der Waals surface area contributed by atoms with Gasteiger partial charge in [0.1, 0.15) is 0 Å². The second-order valence-corrected chi connectivity index (χ2v) is 3.15. The molecule has 0 amide bonds. The molecule has 0 aromatic carbocycles. The van der Waals surface area contributed by atoms with E-state index in [0.717, 1.165) is 10.9 Å². The smallest absolute Gasteiger partial charge is 0.0632 e. The minimum Gasteiger partial charge on any atom is -0.281 e. The van der Waals surface area contributed by atoms with Gasteiger partial charge in [0.25, 0.3) is 0 Å². The van der Waals surface area contributed by atoms with Crippen LogP contribution in [0.3, 0.4) is 0 Å². The van der Waals surface area contributed by atoms with Gasteiger partial charge in [0, 0.05) is 5.69 Å². The summed E-state index contributed by atoms with van der Waals surface area (Å²) in [6, 6.07) is 0. The van der Waals surface area contributed by atoms with Gasteiger partial charge in [-0.05, 0) is 28.8 Å². The number of halogens is 1. The topological polar surface area (TPSA) is 28.7 Å². The summed E-state index contributed by atoms with van der Waals surface area (Å²) in [4.78, 5) is 0. The van der Waals surface area contributed by atoms with Crippen LogP contribution in [-0.2, 0) is 6.42 Å². The van der Waals surface area contributed by atoms with Crippen molar-refractivity contribution < 1.29 is 0 Å². The summed E-state index contributed by atoms with van der Waals surface area (Å²) >= 11 is 3.40. The SMILES string of the molecule is CCCCc1[nH]ncc1Br. The molecule has 0 atom stereocenters. The molecule has 1 N–H and O–H groups in total. The molecule has 0 bridgehead atoms. The molecule has 3 heteroatoms. The monoisotopic (exact) mass is 202 g/mol. The highest BCUT2D eigenvalue weighted by molar-refractivity contribution is 9.10. The summed E-state index contributed by atoms with van der Waals surface area (Å²) in [7, 11) is 0. The van der Waals surface area contributed by atoms with Gasteiger partial charge in [-0.3, -0.25) is 5.10 Å². The van der Waals surface area contributed by atoms with E-state index in [9.17, 15) is 0 Å². The lowest BCUT2D eigenvalue weighted by Crippen LogP contribution is -1.85. The van der Waals surface area contributed by atoms with Gasteiger partial charge in [0.2, 0.25) is 0 Å². The predicted molar refractivity (Wildman–Crippen MR) is 44.9 cm³/mol. The van der Waals surface area contributed by atoms with Crippen molar-refractivity contribution in [3.05, 3.63) is 16.4 Å². The molecular formula is C7H11BrN2. The van der Waals surface area contributed by atoms with Crippen molar-refractivity contribution >= 4 is 15.9 Å². The molecule has 2 nitrogen and oxygen atoms in total. The number of aromatic nitrogens is 2. The van der Waals surface area contributed by atoms with Gasteiger partial charge in [-0.2, -0.15) is 5.10 Å². The molecule has 1 aromatic heterocycles. The predicted octanol–water partition coefficient (Wildman–Crippen LogP) is 2.51. The molecule has 56 valence electrons. The van der Waals surface area contributed by atoms with E-state index in [2.05, 4.69) is 33.1 Å². The Morgan fingerprint density at radius 3 is 3.00 bits per heavy atom. The lowest BCUT2D eigenvalue weighted by atomic mass is 10.2. The highest BCUT2D eigenvalue weighted by Gasteiger charge is 1.98. The van der Waals surface area contributed by atoms with Gasteiger partial charge in [-0.1, -0.05) is 13.3 Å². The number of nitrogens with zero attached hydrogens (tertiary/aromatic N) is 1. The fraction of sp³-hybridized carbons (Fsp3) is 0.571. The lowest BCUT2D eigenvalue weighted by molar-refractivity contribution is 0.770. The molecule has 1 aromatic rings. The van der Waals surface area contributed by atoms with Gasteiger partial charge in [-0.15, -0.1) is 0 Å². The molecule has 0 unspecified atom stereocenters. The Morgan fingerprint density at radius 1 is 1.70 bits per heavy atom. The maximum Gasteiger partial charge on any atom is 0.0632 e. The van der Waals surface area contributed by atoms with Crippen molar-refractivity contribution in [3.63, 3.8) is 0 Å². The molecular weight excluding hydrogens is 192 g/mol. The van der Waals surface area contributed by atoms with Gasteiger partial charge >= 0.3 is 0 Å². The summed E-state index contributed by atoms with van der Waals surface area (Å²) < 4.78 is 1.10. The van der Waals surface area contributed by atoms with Crippen LogP contribution in [-0.4, -0.2) is 10.2 Å². The van der Waals surface area contributed by atoms with Crippen molar-refractivity contribution in [2.24, 2.45) is 0 Å². The Labute approximate surface area is 69.2 Å². The standard InChI is InChI=1S/C7H11BrN2/c1-2-3-4-7-6(8)5-9-10-7/h5H,2-4H2,1H3,(H,9,10). The fourth-order valence-electron chi connectivity index (χ4n) is 0.827. The van der Waals surface area contributed by atoms with E-state index in [1.165, 1.54) is 18.5 Å². The molecule has 1 heterocycles. The first-order chi connectivity index (χ1) is 4.84. The first-order valence-corrected chi connectivity index (χ1v) is 4.31. The van der Waals surface area contributed by atoms with Crippen molar-refractivity contribution in [2.75, 3.05) is 0 Å². The molecule has 0 radical (unpaired) electrons. The van der Waals surface area contributed by atoms with Crippen LogP contribution in [0.2, 0.25) is 0 Å². The van der Waals surface area contributed by atoms with E-state index in [-0.39, 0.29) is 0 Å². The molecule has 0 saturated heterocycles. The molecule has 0 saturated carbocycles. The molecule has 0 aliphatic heterocycles. The number of unbranched alkanes of at least 4 members (excludes halogenated alkanes) is 1. The average molecular weight is 203 g/mol. The second-order valence-electron chi connectivity index (χ2n) is 2.30. The van der Waals surface area contributed by atoms with Crippen LogP contribution >= 0.6 is 15.9 Å². The number of nitrogens with one attached hydrogen (secondary N) is 1. The fourth-order valence-corrected chi connectivity index (χ4v) is 1.22. The zero-order valence-corrected chi connectivity index (χ0v) is 7.61.